The van der Waals surface area contributed by atoms with Gasteiger partial charge in [0.25, 0.3) is 0 Å². The van der Waals surface area contributed by atoms with Gasteiger partial charge in [0.2, 0.25) is 5.89 Å². The van der Waals surface area contributed by atoms with Gasteiger partial charge in [0, 0.05) is 6.42 Å². The summed E-state index contributed by atoms with van der Waals surface area (Å²) in [7, 11) is -1.17. The molecule has 2 rings (SSSR count). The highest BCUT2D eigenvalue weighted by molar-refractivity contribution is 7.92. The van der Waals surface area contributed by atoms with E-state index in [-0.39, 0.29) is 5.25 Å². The molecule has 1 aliphatic rings. The van der Waals surface area contributed by atoms with Gasteiger partial charge in [-0.1, -0.05) is 11.6 Å². The van der Waals surface area contributed by atoms with Crippen LogP contribution in [-0.2, 0) is 22.8 Å². The number of nitrogens with zero attached hydrogens (tertiary/aromatic N) is 2. The van der Waals surface area contributed by atoms with Crippen molar-refractivity contribution < 1.29 is 12.9 Å². The van der Waals surface area contributed by atoms with Crippen molar-refractivity contribution in [3.05, 3.63) is 11.7 Å². The first-order valence-electron chi connectivity index (χ1n) is 5.79. The van der Waals surface area contributed by atoms with Gasteiger partial charge < -0.3 is 9.84 Å². The number of aromatic nitrogens is 2. The lowest BCUT2D eigenvalue weighted by Crippen LogP contribution is -2.30. The molecule has 1 aromatic heterocycles. The van der Waals surface area contributed by atoms with Gasteiger partial charge in [-0.15, -0.1) is 0 Å². The normalized spacial score (nSPS) is 23.7. The van der Waals surface area contributed by atoms with Crippen molar-refractivity contribution in [1.82, 2.24) is 15.5 Å². The number of sulfone groups is 1. The van der Waals surface area contributed by atoms with Crippen LogP contribution in [0.1, 0.15) is 31.0 Å². The molecule has 0 radical (unpaired) electrons. The van der Waals surface area contributed by atoms with Gasteiger partial charge in [-0.05, 0) is 19.9 Å². The Bertz CT molecular complexity index is 469. The Morgan fingerprint density at radius 3 is 3.00 bits per heavy atom. The van der Waals surface area contributed by atoms with Crippen LogP contribution in [0.3, 0.4) is 0 Å². The maximum Gasteiger partial charge on any atom is 0.240 e. The van der Waals surface area contributed by atoms with Gasteiger partial charge in [0.1, 0.15) is 0 Å². The molecule has 1 saturated heterocycles. The number of nitrogens with one attached hydrogen (secondary N) is 1. The van der Waals surface area contributed by atoms with Crippen LogP contribution < -0.4 is 5.32 Å². The third-order valence-electron chi connectivity index (χ3n) is 2.96. The van der Waals surface area contributed by atoms with Gasteiger partial charge in [-0.2, -0.15) is 4.98 Å². The van der Waals surface area contributed by atoms with E-state index in [9.17, 15) is 8.42 Å². The van der Waals surface area contributed by atoms with Crippen LogP contribution in [0.4, 0.5) is 0 Å². The number of hydrogen-bond donors (Lipinski definition) is 1. The maximum atomic E-state index is 11.8. The lowest BCUT2D eigenvalue weighted by Gasteiger charge is -2.20. The van der Waals surface area contributed by atoms with E-state index in [4.69, 9.17) is 4.52 Å². The molecule has 1 N–H and O–H groups in total. The summed E-state index contributed by atoms with van der Waals surface area (Å²) in [5.74, 6) is 1.28. The monoisotopic (exact) mass is 259 g/mol. The quantitative estimate of drug-likeness (QED) is 0.837. The molecule has 96 valence electrons. The predicted molar refractivity (Wildman–Crippen MR) is 62.2 cm³/mol. The summed E-state index contributed by atoms with van der Waals surface area (Å²) < 4.78 is 28.6. The van der Waals surface area contributed by atoms with Crippen LogP contribution in [0, 0.1) is 0 Å². The van der Waals surface area contributed by atoms with Crippen molar-refractivity contribution >= 4 is 9.84 Å². The van der Waals surface area contributed by atoms with Crippen molar-refractivity contribution in [2.45, 2.75) is 37.5 Å². The van der Waals surface area contributed by atoms with E-state index in [1.54, 1.807) is 7.05 Å². The van der Waals surface area contributed by atoms with Crippen molar-refractivity contribution in [2.24, 2.45) is 0 Å². The molecule has 1 aromatic rings. The minimum absolute atomic E-state index is 0.291. The zero-order chi connectivity index (χ0) is 12.3. The van der Waals surface area contributed by atoms with E-state index in [2.05, 4.69) is 15.5 Å². The summed E-state index contributed by atoms with van der Waals surface area (Å²) in [4.78, 5) is 4.15. The molecule has 1 aliphatic heterocycles. The first-order chi connectivity index (χ1) is 8.12. The molecular formula is C10H17N3O3S. The summed E-state index contributed by atoms with van der Waals surface area (Å²) in [6.07, 6.45) is 2.81. The highest BCUT2D eigenvalue weighted by Gasteiger charge is 2.30. The van der Waals surface area contributed by atoms with Gasteiger partial charge in [-0.25, -0.2) is 8.42 Å². The standard InChI is InChI=1S/C10H17N3O3S/c1-11-7-10-12-9(13-16-10)6-8-4-2-3-5-17(8,14)15/h8,11H,2-7H2,1H3. The van der Waals surface area contributed by atoms with Gasteiger partial charge >= 0.3 is 0 Å². The average Bonchev–Trinajstić information content (AvgIpc) is 2.70. The van der Waals surface area contributed by atoms with E-state index in [1.165, 1.54) is 0 Å². The second-order valence-electron chi connectivity index (χ2n) is 4.32. The molecule has 0 aromatic carbocycles. The Hall–Kier alpha value is -0.950. The van der Waals surface area contributed by atoms with Gasteiger partial charge in [0.05, 0.1) is 17.5 Å². The Balaban J connectivity index is 2.04. The van der Waals surface area contributed by atoms with E-state index < -0.39 is 9.84 Å². The predicted octanol–water partition coefficient (Wildman–Crippen LogP) is 0.299. The second-order valence-corrected chi connectivity index (χ2v) is 6.72. The molecule has 0 amide bonds. The molecule has 1 unspecified atom stereocenters. The van der Waals surface area contributed by atoms with Crippen LogP contribution in [0.2, 0.25) is 0 Å². The van der Waals surface area contributed by atoms with E-state index in [0.717, 1.165) is 12.8 Å². The summed E-state index contributed by atoms with van der Waals surface area (Å²) >= 11 is 0. The van der Waals surface area contributed by atoms with Crippen LogP contribution >= 0.6 is 0 Å². The fourth-order valence-electron chi connectivity index (χ4n) is 2.05. The Kier molecular flexibility index (Phi) is 3.78. The van der Waals surface area contributed by atoms with Crippen LogP contribution in [0.15, 0.2) is 4.52 Å². The zero-order valence-electron chi connectivity index (χ0n) is 9.85. The van der Waals surface area contributed by atoms with Crippen molar-refractivity contribution in [1.29, 1.82) is 0 Å². The van der Waals surface area contributed by atoms with Crippen molar-refractivity contribution in [3.8, 4) is 0 Å². The first-order valence-corrected chi connectivity index (χ1v) is 7.51. The third-order valence-corrected chi connectivity index (χ3v) is 5.24. The Morgan fingerprint density at radius 1 is 1.47 bits per heavy atom. The molecule has 17 heavy (non-hydrogen) atoms. The molecular weight excluding hydrogens is 242 g/mol. The highest BCUT2D eigenvalue weighted by atomic mass is 32.2. The molecule has 0 aliphatic carbocycles. The first kappa shape index (κ1) is 12.5. The van der Waals surface area contributed by atoms with Crippen LogP contribution in [0.5, 0.6) is 0 Å². The number of hydrogen-bond acceptors (Lipinski definition) is 6. The molecule has 7 heteroatoms. The fraction of sp³-hybridized carbons (Fsp3) is 0.800. The largest absolute Gasteiger partial charge is 0.338 e. The minimum Gasteiger partial charge on any atom is -0.338 e. The lowest BCUT2D eigenvalue weighted by molar-refractivity contribution is 0.366. The molecule has 2 heterocycles. The van der Waals surface area contributed by atoms with E-state index in [1.807, 2.05) is 0 Å². The molecule has 1 atom stereocenters. The van der Waals surface area contributed by atoms with E-state index in [0.29, 0.717) is 36.9 Å². The third kappa shape index (κ3) is 3.04. The highest BCUT2D eigenvalue weighted by Crippen LogP contribution is 2.22. The summed E-state index contributed by atoms with van der Waals surface area (Å²) in [6, 6.07) is 0. The van der Waals surface area contributed by atoms with Crippen molar-refractivity contribution in [2.75, 3.05) is 12.8 Å². The molecule has 6 nitrogen and oxygen atoms in total. The van der Waals surface area contributed by atoms with Crippen LogP contribution in [0.25, 0.3) is 0 Å². The fourth-order valence-corrected chi connectivity index (χ4v) is 3.92. The minimum atomic E-state index is -2.96. The summed E-state index contributed by atoms with van der Waals surface area (Å²) in [6.45, 7) is 0.504. The zero-order valence-corrected chi connectivity index (χ0v) is 10.7. The number of rotatable bonds is 4. The molecule has 0 bridgehead atoms. The lowest BCUT2D eigenvalue weighted by atomic mass is 10.1. The topological polar surface area (TPSA) is 85.1 Å². The van der Waals surface area contributed by atoms with Gasteiger partial charge in [0.15, 0.2) is 15.7 Å². The summed E-state index contributed by atoms with van der Waals surface area (Å²) in [5, 5.41) is 6.37. The molecule has 1 fully saturated rings. The van der Waals surface area contributed by atoms with Crippen LogP contribution in [-0.4, -0.2) is 36.6 Å². The van der Waals surface area contributed by atoms with Crippen molar-refractivity contribution in [3.63, 3.8) is 0 Å². The second kappa shape index (κ2) is 5.14. The van der Waals surface area contributed by atoms with Gasteiger partial charge in [-0.3, -0.25) is 0 Å². The smallest absolute Gasteiger partial charge is 0.240 e. The SMILES string of the molecule is CNCc1nc(CC2CCCCS2(=O)=O)no1. The Morgan fingerprint density at radius 2 is 2.29 bits per heavy atom. The summed E-state index contributed by atoms with van der Waals surface area (Å²) in [5.41, 5.74) is 0. The maximum absolute atomic E-state index is 11.8. The molecule has 0 spiro atoms. The Labute approximate surface area is 101 Å². The molecule has 0 saturated carbocycles. The van der Waals surface area contributed by atoms with E-state index >= 15 is 0 Å². The average molecular weight is 259 g/mol.